The van der Waals surface area contributed by atoms with Crippen LogP contribution in [0.15, 0.2) is 28.7 Å². The lowest BCUT2D eigenvalue weighted by Gasteiger charge is -2.25. The van der Waals surface area contributed by atoms with Gasteiger partial charge in [0.15, 0.2) is 0 Å². The molecular weight excluding hydrogens is 298 g/mol. The number of halogens is 1. The molecule has 18 heavy (non-hydrogen) atoms. The van der Waals surface area contributed by atoms with Crippen molar-refractivity contribution in [3.05, 3.63) is 28.7 Å². The lowest BCUT2D eigenvalue weighted by Crippen LogP contribution is -2.47. The molecule has 0 bridgehead atoms. The van der Waals surface area contributed by atoms with Crippen LogP contribution in [0.5, 0.6) is 5.75 Å². The Morgan fingerprint density at radius 3 is 2.67 bits per heavy atom. The molecule has 0 saturated carbocycles. The average Bonchev–Trinajstić information content (AvgIpc) is 2.35. The SMILES string of the molecule is CC(C)(CO)NCC(O)COc1ccccc1Br. The van der Waals surface area contributed by atoms with Gasteiger partial charge >= 0.3 is 0 Å². The molecule has 0 amide bonds. The van der Waals surface area contributed by atoms with E-state index in [2.05, 4.69) is 21.2 Å². The molecule has 3 N–H and O–H groups in total. The van der Waals surface area contributed by atoms with Crippen molar-refractivity contribution in [1.82, 2.24) is 5.32 Å². The van der Waals surface area contributed by atoms with Gasteiger partial charge in [0, 0.05) is 12.1 Å². The number of nitrogens with one attached hydrogen (secondary N) is 1. The van der Waals surface area contributed by atoms with Crippen LogP contribution in [0, 0.1) is 0 Å². The third-order valence-corrected chi connectivity index (χ3v) is 3.13. The zero-order valence-electron chi connectivity index (χ0n) is 10.7. The second-order valence-electron chi connectivity index (χ2n) is 4.82. The Bertz CT molecular complexity index is 371. The van der Waals surface area contributed by atoms with E-state index in [1.165, 1.54) is 0 Å². The lowest BCUT2D eigenvalue weighted by molar-refractivity contribution is 0.0903. The summed E-state index contributed by atoms with van der Waals surface area (Å²) < 4.78 is 6.36. The summed E-state index contributed by atoms with van der Waals surface area (Å²) >= 11 is 3.37. The first-order valence-corrected chi connectivity index (χ1v) is 6.65. The van der Waals surface area contributed by atoms with Crippen molar-refractivity contribution in [3.8, 4) is 5.75 Å². The average molecular weight is 318 g/mol. The number of aliphatic hydroxyl groups excluding tert-OH is 2. The highest BCUT2D eigenvalue weighted by atomic mass is 79.9. The molecule has 102 valence electrons. The first kappa shape index (κ1) is 15.4. The molecular formula is C13H20BrNO3. The highest BCUT2D eigenvalue weighted by Crippen LogP contribution is 2.23. The quantitative estimate of drug-likeness (QED) is 0.714. The second-order valence-corrected chi connectivity index (χ2v) is 5.67. The summed E-state index contributed by atoms with van der Waals surface area (Å²) in [6.07, 6.45) is -0.622. The van der Waals surface area contributed by atoms with Crippen LogP contribution in [0.3, 0.4) is 0 Å². The predicted octanol–water partition coefficient (Wildman–Crippen LogP) is 1.55. The number of benzene rings is 1. The van der Waals surface area contributed by atoms with E-state index >= 15 is 0 Å². The summed E-state index contributed by atoms with van der Waals surface area (Å²) in [6.45, 7) is 4.34. The second kappa shape index (κ2) is 7.09. The van der Waals surface area contributed by atoms with Gasteiger partial charge in [-0.1, -0.05) is 12.1 Å². The molecule has 1 unspecified atom stereocenters. The van der Waals surface area contributed by atoms with Crippen LogP contribution < -0.4 is 10.1 Å². The summed E-state index contributed by atoms with van der Waals surface area (Å²) in [6, 6.07) is 7.50. The van der Waals surface area contributed by atoms with Gasteiger partial charge in [0.2, 0.25) is 0 Å². The van der Waals surface area contributed by atoms with Crippen molar-refractivity contribution in [1.29, 1.82) is 0 Å². The zero-order valence-corrected chi connectivity index (χ0v) is 12.3. The van der Waals surface area contributed by atoms with Gasteiger partial charge in [-0.25, -0.2) is 0 Å². The molecule has 0 saturated heterocycles. The maximum Gasteiger partial charge on any atom is 0.133 e. The fourth-order valence-electron chi connectivity index (χ4n) is 1.26. The van der Waals surface area contributed by atoms with E-state index < -0.39 is 11.6 Å². The highest BCUT2D eigenvalue weighted by molar-refractivity contribution is 9.10. The smallest absolute Gasteiger partial charge is 0.133 e. The van der Waals surface area contributed by atoms with E-state index in [0.29, 0.717) is 12.3 Å². The molecule has 4 nitrogen and oxygen atoms in total. The Labute approximate surface area is 116 Å². The van der Waals surface area contributed by atoms with E-state index in [0.717, 1.165) is 4.47 Å². The van der Waals surface area contributed by atoms with Crippen LogP contribution >= 0.6 is 15.9 Å². The molecule has 0 heterocycles. The number of hydrogen-bond donors (Lipinski definition) is 3. The number of para-hydroxylation sites is 1. The van der Waals surface area contributed by atoms with Crippen molar-refractivity contribution >= 4 is 15.9 Å². The van der Waals surface area contributed by atoms with Crippen molar-refractivity contribution in [2.24, 2.45) is 0 Å². The van der Waals surface area contributed by atoms with Gasteiger partial charge in [0.25, 0.3) is 0 Å². The molecule has 1 aromatic carbocycles. The minimum Gasteiger partial charge on any atom is -0.490 e. The molecule has 0 aromatic heterocycles. The summed E-state index contributed by atoms with van der Waals surface area (Å²) in [4.78, 5) is 0. The number of ether oxygens (including phenoxy) is 1. The van der Waals surface area contributed by atoms with Gasteiger partial charge < -0.3 is 20.3 Å². The molecule has 0 aliphatic carbocycles. The minimum atomic E-state index is -0.622. The summed E-state index contributed by atoms with van der Waals surface area (Å²) in [5, 5.41) is 21.9. The van der Waals surface area contributed by atoms with E-state index in [9.17, 15) is 5.11 Å². The van der Waals surface area contributed by atoms with Crippen LogP contribution in [-0.2, 0) is 0 Å². The molecule has 5 heteroatoms. The van der Waals surface area contributed by atoms with Crippen LogP contribution in [0.25, 0.3) is 0 Å². The number of rotatable bonds is 7. The Hall–Kier alpha value is -0.620. The first-order valence-electron chi connectivity index (χ1n) is 5.86. The van der Waals surface area contributed by atoms with E-state index in [-0.39, 0.29) is 13.2 Å². The first-order chi connectivity index (χ1) is 8.44. The molecule has 1 rings (SSSR count). The van der Waals surface area contributed by atoms with Crippen molar-refractivity contribution in [2.75, 3.05) is 19.8 Å². The van der Waals surface area contributed by atoms with Crippen molar-refractivity contribution < 1.29 is 14.9 Å². The largest absolute Gasteiger partial charge is 0.490 e. The Morgan fingerprint density at radius 2 is 2.06 bits per heavy atom. The Morgan fingerprint density at radius 1 is 1.39 bits per heavy atom. The van der Waals surface area contributed by atoms with Gasteiger partial charge in [-0.15, -0.1) is 0 Å². The van der Waals surface area contributed by atoms with E-state index in [1.54, 1.807) is 0 Å². The summed E-state index contributed by atoms with van der Waals surface area (Å²) in [5.74, 6) is 0.706. The third-order valence-electron chi connectivity index (χ3n) is 2.48. The minimum absolute atomic E-state index is 0.0187. The van der Waals surface area contributed by atoms with Crippen molar-refractivity contribution in [2.45, 2.75) is 25.5 Å². The number of β-amino-alcohol motifs (C(OH)–C–C–N with tert-alkyl or cyclic N) is 1. The van der Waals surface area contributed by atoms with Gasteiger partial charge in [-0.2, -0.15) is 0 Å². The van der Waals surface area contributed by atoms with Gasteiger partial charge in [0.1, 0.15) is 18.5 Å². The normalized spacial score (nSPS) is 13.4. The van der Waals surface area contributed by atoms with Gasteiger partial charge in [-0.3, -0.25) is 0 Å². The molecule has 0 aliphatic rings. The fourth-order valence-corrected chi connectivity index (χ4v) is 1.66. The topological polar surface area (TPSA) is 61.7 Å². The van der Waals surface area contributed by atoms with E-state index in [4.69, 9.17) is 9.84 Å². The molecule has 0 spiro atoms. The zero-order chi connectivity index (χ0) is 13.6. The van der Waals surface area contributed by atoms with Crippen LogP contribution in [-0.4, -0.2) is 41.6 Å². The van der Waals surface area contributed by atoms with Gasteiger partial charge in [-0.05, 0) is 41.9 Å². The van der Waals surface area contributed by atoms with Crippen LogP contribution in [0.1, 0.15) is 13.8 Å². The number of aliphatic hydroxyl groups is 2. The maximum absolute atomic E-state index is 9.78. The predicted molar refractivity (Wildman–Crippen MR) is 74.8 cm³/mol. The summed E-state index contributed by atoms with van der Waals surface area (Å²) in [5.41, 5.74) is -0.395. The third kappa shape index (κ3) is 5.35. The van der Waals surface area contributed by atoms with Crippen LogP contribution in [0.4, 0.5) is 0 Å². The summed E-state index contributed by atoms with van der Waals surface area (Å²) in [7, 11) is 0. The molecule has 0 radical (unpaired) electrons. The van der Waals surface area contributed by atoms with Crippen LogP contribution in [0.2, 0.25) is 0 Å². The molecule has 1 aromatic rings. The molecule has 0 fully saturated rings. The Kier molecular flexibility index (Phi) is 6.08. The lowest BCUT2D eigenvalue weighted by atomic mass is 10.1. The fraction of sp³-hybridized carbons (Fsp3) is 0.538. The standard InChI is InChI=1S/C13H20BrNO3/c1-13(2,9-16)15-7-10(17)8-18-12-6-4-3-5-11(12)14/h3-6,10,15-17H,7-9H2,1-2H3. The highest BCUT2D eigenvalue weighted by Gasteiger charge is 2.17. The van der Waals surface area contributed by atoms with Crippen molar-refractivity contribution in [3.63, 3.8) is 0 Å². The van der Waals surface area contributed by atoms with Gasteiger partial charge in [0.05, 0.1) is 11.1 Å². The van der Waals surface area contributed by atoms with E-state index in [1.807, 2.05) is 38.1 Å². The Balaban J connectivity index is 2.34. The molecule has 0 aliphatic heterocycles. The maximum atomic E-state index is 9.78. The molecule has 1 atom stereocenters. The monoisotopic (exact) mass is 317 g/mol. The number of hydrogen-bond acceptors (Lipinski definition) is 4.